The molecule has 1 aliphatic rings. The Bertz CT molecular complexity index is 682. The van der Waals surface area contributed by atoms with E-state index in [0.717, 1.165) is 21.1 Å². The fourth-order valence-electron chi connectivity index (χ4n) is 2.64. The van der Waals surface area contributed by atoms with Gasteiger partial charge < -0.3 is 5.32 Å². The minimum absolute atomic E-state index is 0.458. The van der Waals surface area contributed by atoms with Gasteiger partial charge in [-0.1, -0.05) is 65.8 Å². The molecule has 2 nitrogen and oxygen atoms in total. The second-order valence-electron chi connectivity index (χ2n) is 5.79. The Morgan fingerprint density at radius 1 is 1.24 bits per heavy atom. The largest absolute Gasteiger partial charge is 0.334 e. The van der Waals surface area contributed by atoms with Crippen molar-refractivity contribution in [3.63, 3.8) is 0 Å². The molecular formula is C17H19BrN2S. The third kappa shape index (κ3) is 3.43. The van der Waals surface area contributed by atoms with Crippen molar-refractivity contribution in [3.05, 3.63) is 40.9 Å². The van der Waals surface area contributed by atoms with Crippen molar-refractivity contribution in [1.29, 1.82) is 0 Å². The fraction of sp³-hybridized carbons (Fsp3) is 0.353. The summed E-state index contributed by atoms with van der Waals surface area (Å²) in [6.45, 7) is 4.52. The van der Waals surface area contributed by atoms with Crippen LogP contribution in [0, 0.1) is 5.92 Å². The molecule has 0 bridgehead atoms. The van der Waals surface area contributed by atoms with Gasteiger partial charge in [-0.05, 0) is 29.9 Å². The van der Waals surface area contributed by atoms with E-state index in [-0.39, 0.29) is 0 Å². The molecule has 0 aliphatic carbocycles. The highest BCUT2D eigenvalue weighted by molar-refractivity contribution is 9.10. The van der Waals surface area contributed by atoms with Crippen LogP contribution in [0.5, 0.6) is 0 Å². The lowest BCUT2D eigenvalue weighted by Crippen LogP contribution is -2.08. The van der Waals surface area contributed by atoms with E-state index < -0.39 is 0 Å². The second-order valence-corrected chi connectivity index (χ2v) is 7.66. The molecule has 110 valence electrons. The summed E-state index contributed by atoms with van der Waals surface area (Å²) in [7, 11) is 0. The van der Waals surface area contributed by atoms with Gasteiger partial charge in [0.25, 0.3) is 0 Å². The lowest BCUT2D eigenvalue weighted by Gasteiger charge is -2.10. The normalized spacial score (nSPS) is 18.3. The number of benzene rings is 2. The minimum Gasteiger partial charge on any atom is -0.334 e. The molecule has 1 atom stereocenters. The van der Waals surface area contributed by atoms with Crippen LogP contribution in [0.1, 0.15) is 20.3 Å². The topological polar surface area (TPSA) is 24.4 Å². The third-order valence-electron chi connectivity index (χ3n) is 3.57. The van der Waals surface area contributed by atoms with Gasteiger partial charge in [0.1, 0.15) is 0 Å². The van der Waals surface area contributed by atoms with E-state index in [1.165, 1.54) is 17.2 Å². The van der Waals surface area contributed by atoms with Gasteiger partial charge in [0.15, 0.2) is 5.17 Å². The molecule has 2 aromatic rings. The Balaban J connectivity index is 1.85. The summed E-state index contributed by atoms with van der Waals surface area (Å²) in [6, 6.07) is 13.1. The highest BCUT2D eigenvalue weighted by Gasteiger charge is 2.19. The number of anilines is 1. The van der Waals surface area contributed by atoms with Gasteiger partial charge in [-0.3, -0.25) is 4.99 Å². The van der Waals surface area contributed by atoms with Crippen LogP contribution in [-0.4, -0.2) is 17.0 Å². The first kappa shape index (κ1) is 14.9. The highest BCUT2D eigenvalue weighted by Crippen LogP contribution is 2.32. The quantitative estimate of drug-likeness (QED) is 0.775. The number of hydrogen-bond acceptors (Lipinski definition) is 3. The van der Waals surface area contributed by atoms with Crippen molar-refractivity contribution in [2.75, 3.05) is 11.1 Å². The van der Waals surface area contributed by atoms with Gasteiger partial charge in [-0.15, -0.1) is 0 Å². The minimum atomic E-state index is 0.458. The molecule has 3 rings (SSSR count). The average Bonchev–Trinajstić information content (AvgIpc) is 2.89. The molecule has 21 heavy (non-hydrogen) atoms. The van der Waals surface area contributed by atoms with Crippen LogP contribution >= 0.6 is 27.7 Å². The van der Waals surface area contributed by atoms with Crippen LogP contribution in [0.3, 0.4) is 0 Å². The van der Waals surface area contributed by atoms with E-state index in [9.17, 15) is 0 Å². The summed E-state index contributed by atoms with van der Waals surface area (Å²) in [4.78, 5) is 4.81. The predicted octanol–water partition coefficient (Wildman–Crippen LogP) is 5.53. The first-order chi connectivity index (χ1) is 10.1. The van der Waals surface area contributed by atoms with Crippen LogP contribution < -0.4 is 5.32 Å². The van der Waals surface area contributed by atoms with Crippen LogP contribution in [-0.2, 0) is 0 Å². The number of fused-ring (bicyclic) bond motifs is 1. The van der Waals surface area contributed by atoms with Crippen LogP contribution in [0.25, 0.3) is 10.8 Å². The van der Waals surface area contributed by atoms with E-state index in [4.69, 9.17) is 4.99 Å². The Labute approximate surface area is 138 Å². The monoisotopic (exact) mass is 362 g/mol. The fourth-order valence-corrected chi connectivity index (χ4v) is 4.08. The van der Waals surface area contributed by atoms with Gasteiger partial charge in [-0.25, -0.2) is 0 Å². The smallest absolute Gasteiger partial charge is 0.161 e. The number of nitrogens with zero attached hydrogens (tertiary/aromatic N) is 1. The van der Waals surface area contributed by atoms with Crippen LogP contribution in [0.2, 0.25) is 0 Å². The van der Waals surface area contributed by atoms with E-state index in [1.54, 1.807) is 0 Å². The maximum Gasteiger partial charge on any atom is 0.161 e. The molecule has 1 aliphatic heterocycles. The number of hydrogen-bond donors (Lipinski definition) is 1. The molecule has 0 amide bonds. The molecule has 4 heteroatoms. The summed E-state index contributed by atoms with van der Waals surface area (Å²) in [6.07, 6.45) is 1.17. The Morgan fingerprint density at radius 3 is 2.76 bits per heavy atom. The molecule has 0 saturated heterocycles. The summed E-state index contributed by atoms with van der Waals surface area (Å²) in [5.74, 6) is 1.79. The summed E-state index contributed by atoms with van der Waals surface area (Å²) in [5, 5.41) is 7.01. The molecule has 2 aromatic carbocycles. The molecular weight excluding hydrogens is 344 g/mol. The lowest BCUT2D eigenvalue weighted by molar-refractivity contribution is 0.529. The Kier molecular flexibility index (Phi) is 4.55. The second kappa shape index (κ2) is 6.41. The van der Waals surface area contributed by atoms with E-state index >= 15 is 0 Å². The van der Waals surface area contributed by atoms with Gasteiger partial charge >= 0.3 is 0 Å². The van der Waals surface area contributed by atoms with Crippen LogP contribution in [0.15, 0.2) is 45.9 Å². The van der Waals surface area contributed by atoms with Crippen molar-refractivity contribution in [2.24, 2.45) is 10.9 Å². The number of amidine groups is 1. The van der Waals surface area contributed by atoms with Crippen molar-refractivity contribution >= 4 is 49.3 Å². The van der Waals surface area contributed by atoms with E-state index in [2.05, 4.69) is 71.5 Å². The first-order valence-corrected chi connectivity index (χ1v) is 9.06. The van der Waals surface area contributed by atoms with Gasteiger partial charge in [-0.2, -0.15) is 0 Å². The van der Waals surface area contributed by atoms with Crippen molar-refractivity contribution < 1.29 is 0 Å². The summed E-state index contributed by atoms with van der Waals surface area (Å²) in [5.41, 5.74) is 1.13. The zero-order valence-corrected chi connectivity index (χ0v) is 14.7. The van der Waals surface area contributed by atoms with Crippen LogP contribution in [0.4, 0.5) is 5.69 Å². The van der Waals surface area contributed by atoms with Gasteiger partial charge in [0, 0.05) is 21.3 Å². The Morgan fingerprint density at radius 2 is 2.00 bits per heavy atom. The SMILES string of the molecule is CC(C)CC1CSC(Nc2ccc(Br)c3ccccc23)=N1. The van der Waals surface area contributed by atoms with Gasteiger partial charge in [0.2, 0.25) is 0 Å². The molecule has 0 saturated carbocycles. The summed E-state index contributed by atoms with van der Waals surface area (Å²) >= 11 is 5.44. The Hall–Kier alpha value is -1.00. The third-order valence-corrected chi connectivity index (χ3v) is 5.29. The zero-order valence-electron chi connectivity index (χ0n) is 12.3. The van der Waals surface area contributed by atoms with E-state index in [0.29, 0.717) is 12.0 Å². The molecule has 1 N–H and O–H groups in total. The molecule has 0 fully saturated rings. The highest BCUT2D eigenvalue weighted by atomic mass is 79.9. The number of thioether (sulfide) groups is 1. The standard InChI is InChI=1S/C17H19BrN2S/c1-11(2)9-12-10-21-17(19-12)20-16-8-7-15(18)13-5-3-4-6-14(13)16/h3-8,11-12H,9-10H2,1-2H3,(H,19,20). The van der Waals surface area contributed by atoms with E-state index in [1.807, 2.05) is 11.8 Å². The van der Waals surface area contributed by atoms with Crippen molar-refractivity contribution in [2.45, 2.75) is 26.3 Å². The zero-order chi connectivity index (χ0) is 14.8. The molecule has 0 spiro atoms. The molecule has 0 aromatic heterocycles. The number of aliphatic imine (C=N–C) groups is 1. The molecule has 1 unspecified atom stereocenters. The maximum atomic E-state index is 4.81. The van der Waals surface area contributed by atoms with Crippen molar-refractivity contribution in [3.8, 4) is 0 Å². The summed E-state index contributed by atoms with van der Waals surface area (Å²) < 4.78 is 1.13. The molecule has 0 radical (unpaired) electrons. The van der Waals surface area contributed by atoms with Gasteiger partial charge in [0.05, 0.1) is 6.04 Å². The number of halogens is 1. The first-order valence-electron chi connectivity index (χ1n) is 7.28. The average molecular weight is 363 g/mol. The molecule has 1 heterocycles. The maximum absolute atomic E-state index is 4.81. The predicted molar refractivity (Wildman–Crippen MR) is 98.4 cm³/mol. The van der Waals surface area contributed by atoms with Crippen molar-refractivity contribution in [1.82, 2.24) is 0 Å². The lowest BCUT2D eigenvalue weighted by atomic mass is 10.1. The number of rotatable bonds is 3. The number of nitrogens with one attached hydrogen (secondary N) is 1.